The summed E-state index contributed by atoms with van der Waals surface area (Å²) in [5, 5.41) is 5.28. The van der Waals surface area contributed by atoms with E-state index in [1.165, 1.54) is 0 Å². The van der Waals surface area contributed by atoms with Crippen molar-refractivity contribution in [2.75, 3.05) is 17.2 Å². The Hall–Kier alpha value is -2.64. The Morgan fingerprint density at radius 1 is 1.13 bits per heavy atom. The number of benzene rings is 2. The summed E-state index contributed by atoms with van der Waals surface area (Å²) in [5.74, 6) is 0.893. The highest BCUT2D eigenvalue weighted by Gasteiger charge is 2.23. The van der Waals surface area contributed by atoms with Crippen molar-refractivity contribution in [1.82, 2.24) is 14.8 Å². The molecule has 2 heterocycles. The van der Waals surface area contributed by atoms with Crippen molar-refractivity contribution < 1.29 is 4.79 Å². The van der Waals surface area contributed by atoms with E-state index in [9.17, 15) is 4.79 Å². The minimum atomic E-state index is -0.0212. The first-order valence-corrected chi connectivity index (χ1v) is 11.8. The van der Waals surface area contributed by atoms with E-state index in [4.69, 9.17) is 4.98 Å². The van der Waals surface area contributed by atoms with Gasteiger partial charge in [0.2, 0.25) is 0 Å². The Labute approximate surface area is 184 Å². The van der Waals surface area contributed by atoms with Crippen LogP contribution in [0.5, 0.6) is 0 Å². The van der Waals surface area contributed by atoms with Gasteiger partial charge in [0.25, 0.3) is 5.91 Å². The van der Waals surface area contributed by atoms with E-state index in [0.717, 1.165) is 42.9 Å². The molecular weight excluding hydrogens is 412 g/mol. The van der Waals surface area contributed by atoms with Gasteiger partial charge in [-0.3, -0.25) is 14.4 Å². The van der Waals surface area contributed by atoms with E-state index in [1.54, 1.807) is 28.0 Å². The predicted molar refractivity (Wildman–Crippen MR) is 126 cm³/mol. The Bertz CT molecular complexity index is 1150. The minimum Gasteiger partial charge on any atom is -0.282 e. The van der Waals surface area contributed by atoms with Gasteiger partial charge in [-0.1, -0.05) is 42.5 Å². The molecule has 30 heavy (non-hydrogen) atoms. The second kappa shape index (κ2) is 9.02. The summed E-state index contributed by atoms with van der Waals surface area (Å²) < 4.78 is 3.03. The number of thioether (sulfide) groups is 1. The summed E-state index contributed by atoms with van der Waals surface area (Å²) in [5.41, 5.74) is 3.70. The molecule has 0 bridgehead atoms. The van der Waals surface area contributed by atoms with Crippen molar-refractivity contribution in [1.29, 1.82) is 0 Å². The number of carbonyl (C=O) groups is 1. The SMILES string of the molecule is CCSc1ccccc1C(=O)N(CCn1nc(C)cc1C)c1nc2ccccc2s1. The fourth-order valence-corrected chi connectivity index (χ4v) is 5.21. The maximum Gasteiger partial charge on any atom is 0.261 e. The van der Waals surface area contributed by atoms with Gasteiger partial charge < -0.3 is 0 Å². The molecule has 0 saturated carbocycles. The average Bonchev–Trinajstić information content (AvgIpc) is 3.31. The van der Waals surface area contributed by atoms with Crippen LogP contribution in [-0.2, 0) is 6.54 Å². The molecule has 5 nitrogen and oxygen atoms in total. The van der Waals surface area contributed by atoms with Crippen LogP contribution in [0.3, 0.4) is 0 Å². The molecule has 0 aliphatic heterocycles. The van der Waals surface area contributed by atoms with Crippen molar-refractivity contribution in [2.24, 2.45) is 0 Å². The Balaban J connectivity index is 1.71. The molecule has 1 amide bonds. The van der Waals surface area contributed by atoms with E-state index in [1.807, 2.05) is 67.1 Å². The summed E-state index contributed by atoms with van der Waals surface area (Å²) in [6.45, 7) is 7.24. The van der Waals surface area contributed by atoms with Crippen LogP contribution >= 0.6 is 23.1 Å². The second-order valence-electron chi connectivity index (χ2n) is 7.00. The van der Waals surface area contributed by atoms with Crippen LogP contribution in [0, 0.1) is 13.8 Å². The van der Waals surface area contributed by atoms with Gasteiger partial charge in [0, 0.05) is 17.1 Å². The van der Waals surface area contributed by atoms with Crippen LogP contribution in [-0.4, -0.2) is 33.0 Å². The smallest absolute Gasteiger partial charge is 0.261 e. The van der Waals surface area contributed by atoms with Crippen LogP contribution < -0.4 is 4.90 Å². The van der Waals surface area contributed by atoms with Crippen molar-refractivity contribution in [2.45, 2.75) is 32.2 Å². The quantitative estimate of drug-likeness (QED) is 0.356. The summed E-state index contributed by atoms with van der Waals surface area (Å²) >= 11 is 3.24. The lowest BCUT2D eigenvalue weighted by atomic mass is 10.2. The number of amides is 1. The highest BCUT2D eigenvalue weighted by Crippen LogP contribution is 2.31. The molecule has 0 radical (unpaired) electrons. The first-order chi connectivity index (χ1) is 14.6. The standard InChI is InChI=1S/C23H24N4OS2/c1-4-29-20-11-7-5-9-18(20)22(28)26(13-14-27-17(3)15-16(2)25-27)23-24-19-10-6-8-12-21(19)30-23/h5-12,15H,4,13-14H2,1-3H3. The van der Waals surface area contributed by atoms with E-state index >= 15 is 0 Å². The minimum absolute atomic E-state index is 0.0212. The molecule has 0 fully saturated rings. The molecule has 0 aliphatic carbocycles. The molecule has 0 spiro atoms. The third kappa shape index (κ3) is 4.27. The van der Waals surface area contributed by atoms with E-state index in [2.05, 4.69) is 18.1 Å². The molecule has 7 heteroatoms. The van der Waals surface area contributed by atoms with E-state index < -0.39 is 0 Å². The lowest BCUT2D eigenvalue weighted by Gasteiger charge is -2.21. The number of hydrogen-bond donors (Lipinski definition) is 0. The molecule has 0 saturated heterocycles. The first-order valence-electron chi connectivity index (χ1n) is 9.97. The van der Waals surface area contributed by atoms with Gasteiger partial charge in [-0.25, -0.2) is 4.98 Å². The van der Waals surface area contributed by atoms with Crippen LogP contribution in [0.2, 0.25) is 0 Å². The summed E-state index contributed by atoms with van der Waals surface area (Å²) in [4.78, 5) is 21.2. The number of anilines is 1. The Morgan fingerprint density at radius 3 is 2.63 bits per heavy atom. The lowest BCUT2D eigenvalue weighted by molar-refractivity contribution is 0.0983. The summed E-state index contributed by atoms with van der Waals surface area (Å²) in [6.07, 6.45) is 0. The molecule has 4 aromatic rings. The van der Waals surface area contributed by atoms with Crippen molar-refractivity contribution in [3.8, 4) is 0 Å². The van der Waals surface area contributed by atoms with Gasteiger partial charge in [-0.05, 0) is 49.9 Å². The monoisotopic (exact) mass is 436 g/mol. The zero-order chi connectivity index (χ0) is 21.1. The molecule has 0 unspecified atom stereocenters. The van der Waals surface area contributed by atoms with Gasteiger partial charge in [0.1, 0.15) is 0 Å². The predicted octanol–water partition coefficient (Wildman–Crippen LogP) is 5.57. The molecule has 2 aromatic heterocycles. The van der Waals surface area contributed by atoms with Gasteiger partial charge in [-0.15, -0.1) is 11.8 Å². The number of fused-ring (bicyclic) bond motifs is 1. The molecule has 0 atom stereocenters. The highest BCUT2D eigenvalue weighted by atomic mass is 32.2. The van der Waals surface area contributed by atoms with Crippen LogP contribution in [0.4, 0.5) is 5.13 Å². The number of nitrogens with zero attached hydrogens (tertiary/aromatic N) is 4. The zero-order valence-electron chi connectivity index (χ0n) is 17.3. The summed E-state index contributed by atoms with van der Waals surface area (Å²) in [7, 11) is 0. The number of para-hydroxylation sites is 1. The van der Waals surface area contributed by atoms with Gasteiger partial charge in [0.15, 0.2) is 5.13 Å². The molecule has 154 valence electrons. The maximum atomic E-state index is 13.7. The maximum absolute atomic E-state index is 13.7. The molecule has 2 aromatic carbocycles. The fourth-order valence-electron chi connectivity index (χ4n) is 3.43. The lowest BCUT2D eigenvalue weighted by Crippen LogP contribution is -2.34. The van der Waals surface area contributed by atoms with Crippen molar-refractivity contribution in [3.05, 3.63) is 71.5 Å². The largest absolute Gasteiger partial charge is 0.282 e. The third-order valence-electron chi connectivity index (χ3n) is 4.81. The Morgan fingerprint density at radius 2 is 1.90 bits per heavy atom. The Kier molecular flexibility index (Phi) is 6.20. The molecule has 4 rings (SSSR count). The van der Waals surface area contributed by atoms with E-state index in [0.29, 0.717) is 13.1 Å². The van der Waals surface area contributed by atoms with Gasteiger partial charge in [0.05, 0.1) is 28.0 Å². The van der Waals surface area contributed by atoms with Gasteiger partial charge >= 0.3 is 0 Å². The third-order valence-corrected chi connectivity index (χ3v) is 6.83. The van der Waals surface area contributed by atoms with Crippen molar-refractivity contribution in [3.63, 3.8) is 0 Å². The van der Waals surface area contributed by atoms with E-state index in [-0.39, 0.29) is 5.91 Å². The zero-order valence-corrected chi connectivity index (χ0v) is 19.0. The normalized spacial score (nSPS) is 11.2. The fraction of sp³-hybridized carbons (Fsp3) is 0.261. The number of aryl methyl sites for hydroxylation is 2. The number of hydrogen-bond acceptors (Lipinski definition) is 5. The number of rotatable bonds is 7. The topological polar surface area (TPSA) is 51.0 Å². The average molecular weight is 437 g/mol. The summed E-state index contributed by atoms with van der Waals surface area (Å²) in [6, 6.07) is 17.9. The molecule has 0 N–H and O–H groups in total. The second-order valence-corrected chi connectivity index (χ2v) is 9.32. The highest BCUT2D eigenvalue weighted by molar-refractivity contribution is 7.99. The van der Waals surface area contributed by atoms with Crippen LogP contribution in [0.1, 0.15) is 28.7 Å². The van der Waals surface area contributed by atoms with Crippen LogP contribution in [0.15, 0.2) is 59.5 Å². The number of aromatic nitrogens is 3. The number of thiazole rings is 1. The van der Waals surface area contributed by atoms with Crippen LogP contribution in [0.25, 0.3) is 10.2 Å². The number of carbonyl (C=O) groups excluding carboxylic acids is 1. The van der Waals surface area contributed by atoms with Gasteiger partial charge in [-0.2, -0.15) is 5.10 Å². The molecular formula is C23H24N4OS2. The van der Waals surface area contributed by atoms with Crippen molar-refractivity contribution >= 4 is 44.4 Å². The first kappa shape index (κ1) is 20.6. The molecule has 0 aliphatic rings.